The van der Waals surface area contributed by atoms with Gasteiger partial charge < -0.3 is 20.6 Å². The fourth-order valence-electron chi connectivity index (χ4n) is 0.712. The molecule has 0 heterocycles. The molecule has 0 radical (unpaired) electrons. The quantitative estimate of drug-likeness (QED) is 0.349. The van der Waals surface area contributed by atoms with Crippen molar-refractivity contribution in [2.45, 2.75) is 6.10 Å². The number of hydrogen-bond acceptors (Lipinski definition) is 3. The Morgan fingerprint density at radius 2 is 2.08 bits per heavy atom. The number of allylic oxidation sites excluding steroid dienone is 2. The third kappa shape index (κ3) is 5.05. The molecular weight excluding hydrogens is 170 g/mol. The summed E-state index contributed by atoms with van der Waals surface area (Å²) in [7, 11) is 1.83. The van der Waals surface area contributed by atoms with Crippen LogP contribution in [-0.2, 0) is 0 Å². The van der Waals surface area contributed by atoms with Crippen LogP contribution in [0.15, 0.2) is 36.3 Å². The molecule has 4 nitrogen and oxygen atoms in total. The van der Waals surface area contributed by atoms with Gasteiger partial charge in [-0.25, -0.2) is 0 Å². The average Bonchev–Trinajstić information content (AvgIpc) is 2.13. The fraction of sp³-hybridized carbons (Fsp3) is 0.333. The molecule has 74 valence electrons. The molecule has 0 spiro atoms. The molecule has 0 fully saturated rings. The summed E-state index contributed by atoms with van der Waals surface area (Å²) in [5.74, 6) is -0.603. The Balaban J connectivity index is 4.18. The van der Waals surface area contributed by atoms with E-state index in [4.69, 9.17) is 10.2 Å². The Morgan fingerprint density at radius 3 is 2.54 bits per heavy atom. The Hall–Kier alpha value is -1.26. The second kappa shape index (κ2) is 6.28. The number of quaternary nitrogens is 1. The summed E-state index contributed by atoms with van der Waals surface area (Å²) in [5, 5.41) is 29.0. The van der Waals surface area contributed by atoms with Gasteiger partial charge in [0, 0.05) is 0 Å². The molecule has 5 N–H and O–H groups in total. The standard InChI is InChI=1S/C9H15NO3/c1-3-8(12)9(13)5-4-7(11)6-10-2/h3-5,7,10-13H,1,6H2,2H3/p+1/b5-4+,9-8-. The Kier molecular flexibility index (Phi) is 5.67. The predicted molar refractivity (Wildman–Crippen MR) is 50.3 cm³/mol. The van der Waals surface area contributed by atoms with E-state index in [0.717, 1.165) is 6.08 Å². The molecule has 4 heteroatoms. The van der Waals surface area contributed by atoms with E-state index in [1.807, 2.05) is 12.4 Å². The molecule has 1 unspecified atom stereocenters. The highest BCUT2D eigenvalue weighted by Gasteiger charge is 2.00. The third-order valence-corrected chi connectivity index (χ3v) is 1.41. The van der Waals surface area contributed by atoms with Crippen molar-refractivity contribution in [1.29, 1.82) is 0 Å². The summed E-state index contributed by atoms with van der Waals surface area (Å²) in [6.07, 6.45) is 3.13. The zero-order chi connectivity index (χ0) is 10.3. The van der Waals surface area contributed by atoms with E-state index < -0.39 is 6.10 Å². The molecule has 1 atom stereocenters. The minimum Gasteiger partial charge on any atom is -0.504 e. The molecule has 13 heavy (non-hydrogen) atoms. The van der Waals surface area contributed by atoms with Gasteiger partial charge in [-0.2, -0.15) is 0 Å². The van der Waals surface area contributed by atoms with Gasteiger partial charge in [0.15, 0.2) is 11.5 Å². The largest absolute Gasteiger partial charge is 0.504 e. The van der Waals surface area contributed by atoms with Gasteiger partial charge in [-0.05, 0) is 18.2 Å². The van der Waals surface area contributed by atoms with Crippen LogP contribution in [0, 0.1) is 0 Å². The number of aliphatic hydroxyl groups excluding tert-OH is 3. The van der Waals surface area contributed by atoms with Crippen molar-refractivity contribution in [3.8, 4) is 0 Å². The topological polar surface area (TPSA) is 77.3 Å². The highest BCUT2D eigenvalue weighted by Crippen LogP contribution is 2.00. The Labute approximate surface area is 77.5 Å². The van der Waals surface area contributed by atoms with Gasteiger partial charge in [0.25, 0.3) is 0 Å². The molecule has 0 rings (SSSR count). The first-order valence-corrected chi connectivity index (χ1v) is 4.00. The summed E-state index contributed by atoms with van der Waals surface area (Å²) in [6.45, 7) is 3.79. The minimum absolute atomic E-state index is 0.301. The van der Waals surface area contributed by atoms with E-state index in [-0.39, 0.29) is 11.5 Å². The lowest BCUT2D eigenvalue weighted by atomic mass is 10.3. The van der Waals surface area contributed by atoms with Crippen LogP contribution >= 0.6 is 0 Å². The van der Waals surface area contributed by atoms with Crippen LogP contribution in [-0.4, -0.2) is 35.0 Å². The predicted octanol–water partition coefficient (Wildman–Crippen LogP) is -0.390. The van der Waals surface area contributed by atoms with Crippen LogP contribution in [0.5, 0.6) is 0 Å². The van der Waals surface area contributed by atoms with Crippen molar-refractivity contribution in [2.24, 2.45) is 0 Å². The SMILES string of the molecule is C=C/C(O)=C(O)\C=C\C(O)C[NH2+]C. The summed E-state index contributed by atoms with van der Waals surface area (Å²) in [4.78, 5) is 0. The Bertz CT molecular complexity index is 221. The van der Waals surface area contributed by atoms with Crippen molar-refractivity contribution in [3.05, 3.63) is 36.3 Å². The normalized spacial score (nSPS) is 15.5. The first-order chi connectivity index (χ1) is 6.11. The lowest BCUT2D eigenvalue weighted by Gasteiger charge is -2.00. The monoisotopic (exact) mass is 186 g/mol. The van der Waals surface area contributed by atoms with Crippen molar-refractivity contribution >= 4 is 0 Å². The van der Waals surface area contributed by atoms with Crippen molar-refractivity contribution < 1.29 is 20.6 Å². The molecule has 0 aliphatic heterocycles. The van der Waals surface area contributed by atoms with E-state index in [1.165, 1.54) is 12.2 Å². The zero-order valence-corrected chi connectivity index (χ0v) is 7.64. The van der Waals surface area contributed by atoms with Crippen LogP contribution in [0.4, 0.5) is 0 Å². The third-order valence-electron chi connectivity index (χ3n) is 1.41. The van der Waals surface area contributed by atoms with Gasteiger partial charge in [-0.3, -0.25) is 0 Å². The molecule has 0 saturated heterocycles. The maximum atomic E-state index is 9.19. The van der Waals surface area contributed by atoms with Crippen LogP contribution in [0.25, 0.3) is 0 Å². The highest BCUT2D eigenvalue weighted by molar-refractivity contribution is 5.21. The van der Waals surface area contributed by atoms with Gasteiger partial charge in [0.2, 0.25) is 0 Å². The van der Waals surface area contributed by atoms with Crippen LogP contribution < -0.4 is 5.32 Å². The lowest BCUT2D eigenvalue weighted by molar-refractivity contribution is -0.632. The smallest absolute Gasteiger partial charge is 0.157 e. The molecule has 0 aromatic carbocycles. The molecule has 0 amide bonds. The van der Waals surface area contributed by atoms with E-state index in [0.29, 0.717) is 6.54 Å². The van der Waals surface area contributed by atoms with E-state index in [2.05, 4.69) is 6.58 Å². The van der Waals surface area contributed by atoms with Crippen LogP contribution in [0.3, 0.4) is 0 Å². The maximum Gasteiger partial charge on any atom is 0.157 e. The van der Waals surface area contributed by atoms with Crippen LogP contribution in [0.1, 0.15) is 0 Å². The van der Waals surface area contributed by atoms with Gasteiger partial charge >= 0.3 is 0 Å². The van der Waals surface area contributed by atoms with E-state index in [1.54, 1.807) is 0 Å². The second-order valence-corrected chi connectivity index (χ2v) is 2.55. The van der Waals surface area contributed by atoms with E-state index >= 15 is 0 Å². The first kappa shape index (κ1) is 11.7. The van der Waals surface area contributed by atoms with E-state index in [9.17, 15) is 5.11 Å². The number of hydrogen-bond donors (Lipinski definition) is 4. The molecule has 0 aromatic heterocycles. The Morgan fingerprint density at radius 1 is 1.46 bits per heavy atom. The zero-order valence-electron chi connectivity index (χ0n) is 7.64. The molecule has 0 bridgehead atoms. The maximum absolute atomic E-state index is 9.19. The fourth-order valence-corrected chi connectivity index (χ4v) is 0.712. The summed E-state index contributed by atoms with van der Waals surface area (Å²) < 4.78 is 0. The van der Waals surface area contributed by atoms with Gasteiger partial charge in [0.05, 0.1) is 7.05 Å². The van der Waals surface area contributed by atoms with Gasteiger partial charge in [-0.15, -0.1) is 0 Å². The van der Waals surface area contributed by atoms with Crippen molar-refractivity contribution in [3.63, 3.8) is 0 Å². The number of aliphatic hydroxyl groups is 3. The number of likely N-dealkylation sites (N-methyl/N-ethyl adjacent to an activating group) is 1. The molecule has 0 saturated carbocycles. The van der Waals surface area contributed by atoms with Crippen molar-refractivity contribution in [2.75, 3.05) is 13.6 Å². The van der Waals surface area contributed by atoms with Crippen LogP contribution in [0.2, 0.25) is 0 Å². The molecular formula is C9H16NO3+. The second-order valence-electron chi connectivity index (χ2n) is 2.55. The number of rotatable bonds is 5. The summed E-state index contributed by atoms with van der Waals surface area (Å²) >= 11 is 0. The number of nitrogens with two attached hydrogens (primary N) is 1. The summed E-state index contributed by atoms with van der Waals surface area (Å²) in [5.41, 5.74) is 0. The lowest BCUT2D eigenvalue weighted by Crippen LogP contribution is -2.81. The summed E-state index contributed by atoms with van der Waals surface area (Å²) in [6, 6.07) is 0. The van der Waals surface area contributed by atoms with Gasteiger partial charge in [0.1, 0.15) is 12.6 Å². The highest BCUT2D eigenvalue weighted by atomic mass is 16.3. The van der Waals surface area contributed by atoms with Crippen molar-refractivity contribution in [1.82, 2.24) is 0 Å². The van der Waals surface area contributed by atoms with Gasteiger partial charge in [-0.1, -0.05) is 6.58 Å². The molecule has 0 aromatic rings. The average molecular weight is 186 g/mol. The minimum atomic E-state index is -0.634. The first-order valence-electron chi connectivity index (χ1n) is 4.00. The molecule has 0 aliphatic rings. The molecule has 0 aliphatic carbocycles.